The molecule has 3 aromatic rings. The first-order chi connectivity index (χ1) is 13.5. The highest BCUT2D eigenvalue weighted by Crippen LogP contribution is 2.25. The van der Waals surface area contributed by atoms with Gasteiger partial charge in [0.15, 0.2) is 10.8 Å². The monoisotopic (exact) mass is 418 g/mol. The first-order valence-corrected chi connectivity index (χ1v) is 9.77. The number of hydrogen-bond donors (Lipinski definition) is 1. The van der Waals surface area contributed by atoms with Crippen LogP contribution in [0, 0.1) is 0 Å². The van der Waals surface area contributed by atoms with Crippen molar-refractivity contribution in [1.82, 2.24) is 19.6 Å². The van der Waals surface area contributed by atoms with Crippen LogP contribution in [-0.2, 0) is 4.74 Å². The second-order valence-electron chi connectivity index (χ2n) is 6.85. The van der Waals surface area contributed by atoms with Crippen LogP contribution in [0.4, 0.5) is 0 Å². The van der Waals surface area contributed by atoms with E-state index in [9.17, 15) is 4.79 Å². The molecule has 0 aliphatic carbocycles. The first-order valence-electron chi connectivity index (χ1n) is 9.02. The van der Waals surface area contributed by atoms with Crippen LogP contribution in [0.3, 0.4) is 0 Å². The fourth-order valence-corrected chi connectivity index (χ4v) is 3.84. The molecule has 1 saturated heterocycles. The topological polar surface area (TPSA) is 58.9 Å². The van der Waals surface area contributed by atoms with Crippen molar-refractivity contribution in [3.8, 4) is 0 Å². The average Bonchev–Trinajstić information content (AvgIpc) is 3.02. The van der Waals surface area contributed by atoms with Crippen molar-refractivity contribution >= 4 is 34.8 Å². The van der Waals surface area contributed by atoms with E-state index in [4.69, 9.17) is 27.9 Å². The molecule has 3 heterocycles. The number of carbonyl (C=O) groups excluding carboxylic acids is 1. The summed E-state index contributed by atoms with van der Waals surface area (Å²) in [5, 5.41) is 3.91. The third kappa shape index (κ3) is 3.86. The maximum absolute atomic E-state index is 13.2. The summed E-state index contributed by atoms with van der Waals surface area (Å²) in [7, 11) is 2.04. The van der Waals surface area contributed by atoms with Gasteiger partial charge in [-0.2, -0.15) is 0 Å². The Morgan fingerprint density at radius 1 is 1.25 bits per heavy atom. The summed E-state index contributed by atoms with van der Waals surface area (Å²) in [6.45, 7) is 2.17. The Labute approximate surface area is 173 Å². The number of nitrogens with one attached hydrogen (secondary N) is 1. The molecule has 28 heavy (non-hydrogen) atoms. The van der Waals surface area contributed by atoms with Crippen molar-refractivity contribution in [3.63, 3.8) is 0 Å². The Hall–Kier alpha value is -2.12. The molecule has 146 valence electrons. The van der Waals surface area contributed by atoms with Gasteiger partial charge in [-0.15, -0.1) is 0 Å². The van der Waals surface area contributed by atoms with Crippen molar-refractivity contribution in [2.45, 2.75) is 12.1 Å². The molecule has 1 aliphatic heterocycles. The second kappa shape index (κ2) is 8.09. The number of likely N-dealkylation sites (N-methyl/N-ethyl adjacent to an activating group) is 1. The molecule has 8 heteroatoms. The van der Waals surface area contributed by atoms with Gasteiger partial charge in [0.25, 0.3) is 5.91 Å². The van der Waals surface area contributed by atoms with Crippen LogP contribution in [-0.4, -0.2) is 53.0 Å². The number of aromatic nitrogens is 2. The minimum absolute atomic E-state index is 0.167. The van der Waals surface area contributed by atoms with Crippen molar-refractivity contribution in [2.75, 3.05) is 26.7 Å². The molecule has 0 spiro atoms. The van der Waals surface area contributed by atoms with E-state index < -0.39 is 0 Å². The minimum Gasteiger partial charge on any atom is -0.373 e. The van der Waals surface area contributed by atoms with E-state index in [0.29, 0.717) is 29.5 Å². The summed E-state index contributed by atoms with van der Waals surface area (Å²) in [4.78, 5) is 19.6. The fraction of sp³-hybridized carbons (Fsp3) is 0.300. The molecule has 2 aromatic heterocycles. The number of ether oxygens (including phenoxy) is 1. The molecular formula is C20H20Cl2N4O2. The zero-order chi connectivity index (χ0) is 19.7. The van der Waals surface area contributed by atoms with Crippen LogP contribution < -0.4 is 5.32 Å². The highest BCUT2D eigenvalue weighted by atomic mass is 35.5. The molecule has 2 atom stereocenters. The molecule has 1 N–H and O–H groups in total. The molecule has 0 radical (unpaired) electrons. The van der Waals surface area contributed by atoms with Crippen LogP contribution >= 0.6 is 23.2 Å². The summed E-state index contributed by atoms with van der Waals surface area (Å²) >= 11 is 12.3. The number of morpholine rings is 1. The quantitative estimate of drug-likeness (QED) is 0.704. The van der Waals surface area contributed by atoms with E-state index in [1.807, 2.05) is 43.4 Å². The predicted molar refractivity (Wildman–Crippen MR) is 109 cm³/mol. The lowest BCUT2D eigenvalue weighted by atomic mass is 9.99. The van der Waals surface area contributed by atoms with E-state index in [1.54, 1.807) is 16.7 Å². The molecule has 0 bridgehead atoms. The third-order valence-electron chi connectivity index (χ3n) is 4.89. The summed E-state index contributed by atoms with van der Waals surface area (Å²) in [6, 6.07) is 12.6. The van der Waals surface area contributed by atoms with Gasteiger partial charge < -0.3 is 15.0 Å². The third-order valence-corrected chi connectivity index (χ3v) is 5.40. The van der Waals surface area contributed by atoms with Gasteiger partial charge in [0, 0.05) is 24.3 Å². The average molecular weight is 419 g/mol. The van der Waals surface area contributed by atoms with Gasteiger partial charge in [-0.25, -0.2) is 4.98 Å². The number of rotatable bonds is 4. The van der Waals surface area contributed by atoms with E-state index in [2.05, 4.69) is 15.2 Å². The SMILES string of the molecule is CN1CCOC(C(NC(=O)c2c(Cl)nc3ccccn23)c2ccc(Cl)cc2)C1. The van der Waals surface area contributed by atoms with Crippen molar-refractivity contribution in [3.05, 3.63) is 70.1 Å². The Kier molecular flexibility index (Phi) is 5.55. The van der Waals surface area contributed by atoms with Crippen molar-refractivity contribution in [2.24, 2.45) is 0 Å². The summed E-state index contributed by atoms with van der Waals surface area (Å²) in [5.74, 6) is -0.305. The van der Waals surface area contributed by atoms with Gasteiger partial charge in [0.05, 0.1) is 18.8 Å². The van der Waals surface area contributed by atoms with Gasteiger partial charge in [-0.1, -0.05) is 41.4 Å². The molecule has 4 rings (SSSR count). The largest absolute Gasteiger partial charge is 0.373 e. The molecule has 1 amide bonds. The van der Waals surface area contributed by atoms with Crippen molar-refractivity contribution in [1.29, 1.82) is 0 Å². The van der Waals surface area contributed by atoms with Gasteiger partial charge in [0.2, 0.25) is 0 Å². The molecule has 6 nitrogen and oxygen atoms in total. The molecule has 1 fully saturated rings. The standard InChI is InChI=1S/C20H20Cl2N4O2/c1-25-10-11-28-15(12-25)17(13-5-7-14(21)8-6-13)24-20(27)18-19(22)23-16-4-2-3-9-26(16)18/h2-9,15,17H,10-12H2,1H3,(H,24,27). The minimum atomic E-state index is -0.349. The van der Waals surface area contributed by atoms with Gasteiger partial charge >= 0.3 is 0 Å². The Morgan fingerprint density at radius 3 is 2.79 bits per heavy atom. The second-order valence-corrected chi connectivity index (χ2v) is 7.65. The Balaban J connectivity index is 1.67. The summed E-state index contributed by atoms with van der Waals surface area (Å²) < 4.78 is 7.67. The normalized spacial score (nSPS) is 18.9. The number of imidazole rings is 1. The Bertz CT molecular complexity index is 990. The smallest absolute Gasteiger partial charge is 0.272 e. The lowest BCUT2D eigenvalue weighted by Crippen LogP contribution is -2.48. The van der Waals surface area contributed by atoms with Crippen LogP contribution in [0.15, 0.2) is 48.7 Å². The number of halogens is 2. The highest BCUT2D eigenvalue weighted by molar-refractivity contribution is 6.32. The zero-order valence-corrected chi connectivity index (χ0v) is 16.8. The molecular weight excluding hydrogens is 399 g/mol. The lowest BCUT2D eigenvalue weighted by molar-refractivity contribution is -0.0381. The number of fused-ring (bicyclic) bond motifs is 1. The van der Waals surface area contributed by atoms with Crippen LogP contribution in [0.2, 0.25) is 10.2 Å². The summed E-state index contributed by atoms with van der Waals surface area (Å²) in [5.41, 5.74) is 1.85. The number of benzene rings is 1. The van der Waals surface area contributed by atoms with Crippen LogP contribution in [0.5, 0.6) is 0 Å². The molecule has 1 aliphatic rings. The molecule has 2 unspecified atom stereocenters. The maximum Gasteiger partial charge on any atom is 0.272 e. The number of amides is 1. The Morgan fingerprint density at radius 2 is 2.04 bits per heavy atom. The van der Waals surface area contributed by atoms with E-state index in [-0.39, 0.29) is 23.2 Å². The highest BCUT2D eigenvalue weighted by Gasteiger charge is 2.31. The number of carbonyl (C=O) groups is 1. The van der Waals surface area contributed by atoms with Gasteiger partial charge in [0.1, 0.15) is 5.65 Å². The number of pyridine rings is 1. The summed E-state index contributed by atoms with van der Waals surface area (Å²) in [6.07, 6.45) is 1.58. The van der Waals surface area contributed by atoms with E-state index in [1.165, 1.54) is 0 Å². The fourth-order valence-electron chi connectivity index (χ4n) is 3.45. The lowest BCUT2D eigenvalue weighted by Gasteiger charge is -2.35. The van der Waals surface area contributed by atoms with Crippen molar-refractivity contribution < 1.29 is 9.53 Å². The van der Waals surface area contributed by atoms with Crippen LogP contribution in [0.1, 0.15) is 22.1 Å². The van der Waals surface area contributed by atoms with Gasteiger partial charge in [-0.3, -0.25) is 9.20 Å². The first kappa shape index (κ1) is 19.2. The van der Waals surface area contributed by atoms with Gasteiger partial charge in [-0.05, 0) is 36.9 Å². The van der Waals surface area contributed by atoms with E-state index in [0.717, 1.165) is 12.1 Å². The number of hydrogen-bond acceptors (Lipinski definition) is 4. The predicted octanol–water partition coefficient (Wildman–Crippen LogP) is 3.44. The number of nitrogens with zero attached hydrogens (tertiary/aromatic N) is 3. The zero-order valence-electron chi connectivity index (χ0n) is 15.3. The van der Waals surface area contributed by atoms with E-state index >= 15 is 0 Å². The molecule has 0 saturated carbocycles. The molecule has 1 aromatic carbocycles. The van der Waals surface area contributed by atoms with Crippen LogP contribution in [0.25, 0.3) is 5.65 Å². The maximum atomic E-state index is 13.2.